The molecule has 102 valence electrons. The van der Waals surface area contributed by atoms with Crippen LogP contribution < -0.4 is 5.32 Å². The first kappa shape index (κ1) is 14.0. The van der Waals surface area contributed by atoms with Crippen molar-refractivity contribution in [2.45, 2.75) is 70.7 Å². The van der Waals surface area contributed by atoms with Crippen LogP contribution in [0, 0.1) is 0 Å². The molecule has 0 radical (unpaired) electrons. The molecule has 1 aliphatic heterocycles. The number of thiophene rings is 1. The maximum atomic E-state index is 6.15. The third-order valence-corrected chi connectivity index (χ3v) is 4.76. The topological polar surface area (TPSA) is 21.3 Å². The summed E-state index contributed by atoms with van der Waals surface area (Å²) < 4.78 is 6.15. The standard InChI is InChI=1S/C15H25NOS/c1-6-11(12-8-7-9-18-12)16-13-10-14(2,3)17-15(13,4)5/h7-9,11,13,16H,6,10H2,1-5H3. The zero-order valence-corrected chi connectivity index (χ0v) is 12.9. The lowest BCUT2D eigenvalue weighted by molar-refractivity contribution is -0.0704. The Balaban J connectivity index is 2.09. The Labute approximate surface area is 115 Å². The van der Waals surface area contributed by atoms with Crippen LogP contribution in [0.15, 0.2) is 17.5 Å². The number of rotatable bonds is 4. The van der Waals surface area contributed by atoms with E-state index in [1.807, 2.05) is 11.3 Å². The molecule has 2 atom stereocenters. The number of nitrogens with one attached hydrogen (secondary N) is 1. The smallest absolute Gasteiger partial charge is 0.0787 e. The molecule has 0 amide bonds. The summed E-state index contributed by atoms with van der Waals surface area (Å²) in [6, 6.07) is 5.22. The maximum Gasteiger partial charge on any atom is 0.0787 e. The van der Waals surface area contributed by atoms with Crippen LogP contribution in [0.25, 0.3) is 0 Å². The predicted molar refractivity (Wildman–Crippen MR) is 78.1 cm³/mol. The lowest BCUT2D eigenvalue weighted by atomic mass is 9.93. The van der Waals surface area contributed by atoms with Crippen molar-refractivity contribution in [2.75, 3.05) is 0 Å². The van der Waals surface area contributed by atoms with Gasteiger partial charge in [0.1, 0.15) is 0 Å². The monoisotopic (exact) mass is 267 g/mol. The Morgan fingerprint density at radius 1 is 1.44 bits per heavy atom. The van der Waals surface area contributed by atoms with E-state index in [0.717, 1.165) is 12.8 Å². The second-order valence-electron chi connectivity index (χ2n) is 6.36. The van der Waals surface area contributed by atoms with Crippen molar-refractivity contribution in [2.24, 2.45) is 0 Å². The van der Waals surface area contributed by atoms with E-state index in [-0.39, 0.29) is 11.2 Å². The molecule has 1 fully saturated rings. The van der Waals surface area contributed by atoms with E-state index in [1.54, 1.807) is 0 Å². The molecule has 1 aliphatic rings. The number of hydrogen-bond acceptors (Lipinski definition) is 3. The highest BCUT2D eigenvalue weighted by atomic mass is 32.1. The van der Waals surface area contributed by atoms with E-state index in [2.05, 4.69) is 57.4 Å². The van der Waals surface area contributed by atoms with E-state index in [9.17, 15) is 0 Å². The normalized spacial score (nSPS) is 27.3. The van der Waals surface area contributed by atoms with Gasteiger partial charge in [-0.2, -0.15) is 0 Å². The van der Waals surface area contributed by atoms with Gasteiger partial charge in [-0.1, -0.05) is 13.0 Å². The van der Waals surface area contributed by atoms with Gasteiger partial charge >= 0.3 is 0 Å². The number of hydrogen-bond donors (Lipinski definition) is 1. The predicted octanol–water partition coefficient (Wildman–Crippen LogP) is 4.13. The molecule has 0 spiro atoms. The van der Waals surface area contributed by atoms with Crippen LogP contribution in [0.1, 0.15) is 58.4 Å². The molecule has 1 saturated heterocycles. The quantitative estimate of drug-likeness (QED) is 0.885. The second-order valence-corrected chi connectivity index (χ2v) is 7.34. The SMILES string of the molecule is CCC(NC1CC(C)(C)OC1(C)C)c1cccs1. The Morgan fingerprint density at radius 3 is 2.61 bits per heavy atom. The van der Waals surface area contributed by atoms with Gasteiger partial charge in [0, 0.05) is 17.0 Å². The Morgan fingerprint density at radius 2 is 2.17 bits per heavy atom. The summed E-state index contributed by atoms with van der Waals surface area (Å²) in [7, 11) is 0. The molecule has 2 heterocycles. The molecular formula is C15H25NOS. The minimum Gasteiger partial charge on any atom is -0.368 e. The molecule has 0 aromatic carbocycles. The van der Waals surface area contributed by atoms with Crippen molar-refractivity contribution in [1.82, 2.24) is 5.32 Å². The molecule has 2 nitrogen and oxygen atoms in total. The number of ether oxygens (including phenoxy) is 1. The lowest BCUT2D eigenvalue weighted by Gasteiger charge is -2.30. The van der Waals surface area contributed by atoms with Crippen molar-refractivity contribution in [3.05, 3.63) is 22.4 Å². The van der Waals surface area contributed by atoms with Crippen molar-refractivity contribution in [1.29, 1.82) is 0 Å². The first-order chi connectivity index (χ1) is 8.34. The van der Waals surface area contributed by atoms with Gasteiger partial charge in [0.2, 0.25) is 0 Å². The second kappa shape index (κ2) is 4.95. The molecule has 3 heteroatoms. The zero-order chi connectivity index (χ0) is 13.4. The van der Waals surface area contributed by atoms with Crippen molar-refractivity contribution in [3.63, 3.8) is 0 Å². The summed E-state index contributed by atoms with van der Waals surface area (Å²) in [5.41, 5.74) is -0.108. The van der Waals surface area contributed by atoms with Gasteiger partial charge in [0.05, 0.1) is 11.2 Å². The van der Waals surface area contributed by atoms with E-state index in [4.69, 9.17) is 4.74 Å². The van der Waals surface area contributed by atoms with Crippen LogP contribution in [0.3, 0.4) is 0 Å². The zero-order valence-electron chi connectivity index (χ0n) is 12.1. The first-order valence-corrected chi connectivity index (χ1v) is 7.71. The van der Waals surface area contributed by atoms with Gasteiger partial charge in [-0.25, -0.2) is 0 Å². The Kier molecular flexibility index (Phi) is 3.86. The highest BCUT2D eigenvalue weighted by Gasteiger charge is 2.46. The summed E-state index contributed by atoms with van der Waals surface area (Å²) in [4.78, 5) is 1.43. The molecule has 18 heavy (non-hydrogen) atoms. The summed E-state index contributed by atoms with van der Waals surface area (Å²) >= 11 is 1.84. The molecule has 2 rings (SSSR count). The van der Waals surface area contributed by atoms with Gasteiger partial charge in [0.25, 0.3) is 0 Å². The molecule has 0 saturated carbocycles. The van der Waals surface area contributed by atoms with Gasteiger partial charge in [-0.3, -0.25) is 0 Å². The molecular weight excluding hydrogens is 242 g/mol. The van der Waals surface area contributed by atoms with Crippen LogP contribution >= 0.6 is 11.3 Å². The largest absolute Gasteiger partial charge is 0.368 e. The van der Waals surface area contributed by atoms with Gasteiger partial charge < -0.3 is 10.1 Å². The lowest BCUT2D eigenvalue weighted by Crippen LogP contribution is -2.44. The van der Waals surface area contributed by atoms with Gasteiger partial charge in [-0.05, 0) is 52.0 Å². The fraction of sp³-hybridized carbons (Fsp3) is 0.733. The van der Waals surface area contributed by atoms with E-state index in [0.29, 0.717) is 12.1 Å². The fourth-order valence-electron chi connectivity index (χ4n) is 2.96. The van der Waals surface area contributed by atoms with Gasteiger partial charge in [0.15, 0.2) is 0 Å². The van der Waals surface area contributed by atoms with Crippen LogP contribution in [0.4, 0.5) is 0 Å². The van der Waals surface area contributed by atoms with Crippen molar-refractivity contribution in [3.8, 4) is 0 Å². The summed E-state index contributed by atoms with van der Waals surface area (Å²) in [6.07, 6.45) is 2.19. The fourth-order valence-corrected chi connectivity index (χ4v) is 3.83. The minimum atomic E-state index is -0.0891. The first-order valence-electron chi connectivity index (χ1n) is 6.84. The van der Waals surface area contributed by atoms with Crippen molar-refractivity contribution >= 4 is 11.3 Å². The highest BCUT2D eigenvalue weighted by Crippen LogP contribution is 2.38. The van der Waals surface area contributed by atoms with E-state index < -0.39 is 0 Å². The summed E-state index contributed by atoms with van der Waals surface area (Å²) in [5, 5.41) is 5.95. The van der Waals surface area contributed by atoms with Crippen LogP contribution in [-0.4, -0.2) is 17.2 Å². The van der Waals surface area contributed by atoms with E-state index in [1.165, 1.54) is 4.88 Å². The summed E-state index contributed by atoms with van der Waals surface area (Å²) in [5.74, 6) is 0. The third kappa shape index (κ3) is 2.95. The molecule has 0 bridgehead atoms. The van der Waals surface area contributed by atoms with Crippen molar-refractivity contribution < 1.29 is 4.74 Å². The third-order valence-electron chi connectivity index (χ3n) is 3.77. The average molecular weight is 267 g/mol. The highest BCUT2D eigenvalue weighted by molar-refractivity contribution is 7.10. The maximum absolute atomic E-state index is 6.15. The molecule has 2 unspecified atom stereocenters. The molecule has 0 aliphatic carbocycles. The Bertz CT molecular complexity index is 383. The van der Waals surface area contributed by atoms with E-state index >= 15 is 0 Å². The average Bonchev–Trinajstić information content (AvgIpc) is 2.80. The van der Waals surface area contributed by atoms with Crippen LogP contribution in [0.2, 0.25) is 0 Å². The summed E-state index contributed by atoms with van der Waals surface area (Å²) in [6.45, 7) is 11.0. The Hall–Kier alpha value is -0.380. The molecule has 1 aromatic heterocycles. The van der Waals surface area contributed by atoms with Gasteiger partial charge in [-0.15, -0.1) is 11.3 Å². The minimum absolute atomic E-state index is 0.0189. The van der Waals surface area contributed by atoms with Crippen LogP contribution in [0.5, 0.6) is 0 Å². The molecule has 1 N–H and O–H groups in total. The molecule has 1 aromatic rings. The van der Waals surface area contributed by atoms with Crippen LogP contribution in [-0.2, 0) is 4.74 Å².